The minimum atomic E-state index is -0.686. The highest BCUT2D eigenvalue weighted by Gasteiger charge is 2.31. The summed E-state index contributed by atoms with van der Waals surface area (Å²) in [4.78, 5) is 38.8. The van der Waals surface area contributed by atoms with E-state index >= 15 is 0 Å². The summed E-state index contributed by atoms with van der Waals surface area (Å²) >= 11 is 0. The summed E-state index contributed by atoms with van der Waals surface area (Å²) < 4.78 is 8.69. The van der Waals surface area contributed by atoms with E-state index in [4.69, 9.17) is 10.5 Å². The van der Waals surface area contributed by atoms with Crippen LogP contribution in [-0.2, 0) is 21.4 Å². The highest BCUT2D eigenvalue weighted by Crippen LogP contribution is 2.23. The first-order chi connectivity index (χ1) is 15.0. The smallest absolute Gasteiger partial charge is 0.329 e. The van der Waals surface area contributed by atoms with Crippen LogP contribution in [0.15, 0.2) is 23.0 Å². The number of nitrogens with zero attached hydrogens (tertiary/aromatic N) is 3. The van der Waals surface area contributed by atoms with Gasteiger partial charge in [-0.2, -0.15) is 0 Å². The summed E-state index contributed by atoms with van der Waals surface area (Å²) in [5.41, 5.74) is 7.50. The zero-order chi connectivity index (χ0) is 22.0. The third-order valence-corrected chi connectivity index (χ3v) is 5.86. The van der Waals surface area contributed by atoms with Gasteiger partial charge in [-0.3, -0.25) is 28.9 Å². The van der Waals surface area contributed by atoms with Gasteiger partial charge in [0.2, 0.25) is 11.8 Å². The SMILES string of the molecule is Cn1c(=O)n(C2CCC(=O)NC2=O)c2ccc(C#CCN3CCO[C@@H](CCN)C3)cc21. The number of carbonyl (C=O) groups excluding carboxylic acids is 2. The number of amides is 2. The molecule has 1 unspecified atom stereocenters. The van der Waals surface area contributed by atoms with Gasteiger partial charge in [-0.25, -0.2) is 4.79 Å². The Bertz CT molecular complexity index is 1120. The lowest BCUT2D eigenvalue weighted by atomic mass is 10.1. The first kappa shape index (κ1) is 21.3. The van der Waals surface area contributed by atoms with Crippen LogP contribution < -0.4 is 16.7 Å². The normalized spacial score (nSPS) is 22.3. The predicted molar refractivity (Wildman–Crippen MR) is 115 cm³/mol. The number of hydrogen-bond acceptors (Lipinski definition) is 6. The topological polar surface area (TPSA) is 112 Å². The number of fused-ring (bicyclic) bond motifs is 1. The number of hydrogen-bond donors (Lipinski definition) is 2. The summed E-state index contributed by atoms with van der Waals surface area (Å²) in [6, 6.07) is 4.85. The molecule has 2 aliphatic rings. The maximum atomic E-state index is 12.8. The van der Waals surface area contributed by atoms with Crippen LogP contribution in [0, 0.1) is 11.8 Å². The highest BCUT2D eigenvalue weighted by atomic mass is 16.5. The maximum absolute atomic E-state index is 12.8. The van der Waals surface area contributed by atoms with Gasteiger partial charge in [-0.15, -0.1) is 0 Å². The van der Waals surface area contributed by atoms with Crippen molar-refractivity contribution in [3.05, 3.63) is 34.2 Å². The van der Waals surface area contributed by atoms with E-state index in [2.05, 4.69) is 22.1 Å². The van der Waals surface area contributed by atoms with E-state index in [-0.39, 0.29) is 24.1 Å². The molecule has 9 nitrogen and oxygen atoms in total. The van der Waals surface area contributed by atoms with Gasteiger partial charge in [-0.05, 0) is 37.6 Å². The quantitative estimate of drug-likeness (QED) is 0.515. The molecule has 0 aliphatic carbocycles. The molecule has 3 N–H and O–H groups in total. The van der Waals surface area contributed by atoms with Crippen molar-refractivity contribution in [3.8, 4) is 11.8 Å². The Balaban J connectivity index is 1.54. The molecule has 1 aromatic heterocycles. The molecule has 2 fully saturated rings. The number of ether oxygens (including phenoxy) is 1. The summed E-state index contributed by atoms with van der Waals surface area (Å²) in [6.07, 6.45) is 1.55. The molecule has 0 bridgehead atoms. The molecule has 9 heteroatoms. The Morgan fingerprint density at radius 2 is 2.10 bits per heavy atom. The van der Waals surface area contributed by atoms with Gasteiger partial charge < -0.3 is 10.5 Å². The van der Waals surface area contributed by atoms with Gasteiger partial charge in [0.25, 0.3) is 0 Å². The van der Waals surface area contributed by atoms with E-state index < -0.39 is 11.9 Å². The largest absolute Gasteiger partial charge is 0.376 e. The predicted octanol–water partition coefficient (Wildman–Crippen LogP) is -0.281. The third kappa shape index (κ3) is 4.42. The summed E-state index contributed by atoms with van der Waals surface area (Å²) in [7, 11) is 1.68. The van der Waals surface area contributed by atoms with Gasteiger partial charge in [-0.1, -0.05) is 11.8 Å². The van der Waals surface area contributed by atoms with Crippen molar-refractivity contribution in [1.29, 1.82) is 0 Å². The number of imide groups is 1. The Hall–Kier alpha value is -2.93. The molecule has 4 rings (SSSR count). The molecule has 164 valence electrons. The fourth-order valence-corrected chi connectivity index (χ4v) is 4.21. The average molecular weight is 425 g/mol. The molecule has 1 aromatic carbocycles. The van der Waals surface area contributed by atoms with Crippen LogP contribution in [0.1, 0.15) is 30.9 Å². The van der Waals surface area contributed by atoms with Gasteiger partial charge in [0.1, 0.15) is 6.04 Å². The molecule has 2 saturated heterocycles. The second-order valence-electron chi connectivity index (χ2n) is 7.99. The van der Waals surface area contributed by atoms with Crippen LogP contribution in [0.3, 0.4) is 0 Å². The van der Waals surface area contributed by atoms with Crippen LogP contribution in [-0.4, -0.2) is 64.7 Å². The lowest BCUT2D eigenvalue weighted by Gasteiger charge is -2.31. The Morgan fingerprint density at radius 3 is 2.87 bits per heavy atom. The fraction of sp³-hybridized carbons (Fsp3) is 0.500. The minimum Gasteiger partial charge on any atom is -0.376 e. The first-order valence-corrected chi connectivity index (χ1v) is 10.6. The van der Waals surface area contributed by atoms with Crippen LogP contribution in [0.2, 0.25) is 0 Å². The molecule has 2 aliphatic heterocycles. The lowest BCUT2D eigenvalue weighted by Crippen LogP contribution is -2.44. The number of aromatic nitrogens is 2. The molecule has 2 atom stereocenters. The summed E-state index contributed by atoms with van der Waals surface area (Å²) in [6.45, 7) is 3.61. The van der Waals surface area contributed by atoms with Crippen LogP contribution >= 0.6 is 0 Å². The summed E-state index contributed by atoms with van der Waals surface area (Å²) in [5, 5.41) is 2.32. The molecule has 0 radical (unpaired) electrons. The zero-order valence-electron chi connectivity index (χ0n) is 17.6. The molecule has 0 saturated carbocycles. The van der Waals surface area contributed by atoms with Crippen molar-refractivity contribution >= 4 is 22.8 Å². The zero-order valence-corrected chi connectivity index (χ0v) is 17.6. The van der Waals surface area contributed by atoms with Gasteiger partial charge in [0.05, 0.1) is 30.3 Å². The highest BCUT2D eigenvalue weighted by molar-refractivity contribution is 6.00. The van der Waals surface area contributed by atoms with Gasteiger partial charge >= 0.3 is 5.69 Å². The number of nitrogens with one attached hydrogen (secondary N) is 1. The molecule has 2 amide bonds. The number of nitrogens with two attached hydrogens (primary N) is 1. The van der Waals surface area contributed by atoms with Crippen molar-refractivity contribution in [2.75, 3.05) is 32.8 Å². The molecule has 0 spiro atoms. The number of benzene rings is 1. The van der Waals surface area contributed by atoms with Crippen molar-refractivity contribution in [1.82, 2.24) is 19.4 Å². The molecule has 3 heterocycles. The van der Waals surface area contributed by atoms with E-state index in [1.165, 1.54) is 9.13 Å². The number of rotatable bonds is 4. The second kappa shape index (κ2) is 9.06. The van der Waals surface area contributed by atoms with Crippen LogP contribution in [0.4, 0.5) is 0 Å². The van der Waals surface area contributed by atoms with Crippen LogP contribution in [0.25, 0.3) is 11.0 Å². The lowest BCUT2D eigenvalue weighted by molar-refractivity contribution is -0.135. The number of carbonyl (C=O) groups is 2. The molecule has 2 aromatic rings. The molecular formula is C22H27N5O4. The number of morpholine rings is 1. The Kier molecular flexibility index (Phi) is 6.23. The van der Waals surface area contributed by atoms with E-state index in [9.17, 15) is 14.4 Å². The number of aryl methyl sites for hydroxylation is 1. The van der Waals surface area contributed by atoms with E-state index in [0.29, 0.717) is 37.2 Å². The Labute approximate surface area is 180 Å². The van der Waals surface area contributed by atoms with Crippen molar-refractivity contribution in [2.24, 2.45) is 12.8 Å². The van der Waals surface area contributed by atoms with E-state index in [1.807, 2.05) is 18.2 Å². The first-order valence-electron chi connectivity index (χ1n) is 10.6. The monoisotopic (exact) mass is 425 g/mol. The minimum absolute atomic E-state index is 0.165. The Morgan fingerprint density at radius 1 is 1.26 bits per heavy atom. The van der Waals surface area contributed by atoms with Crippen molar-refractivity contribution in [3.63, 3.8) is 0 Å². The van der Waals surface area contributed by atoms with E-state index in [0.717, 1.165) is 25.1 Å². The third-order valence-electron chi connectivity index (χ3n) is 5.86. The molecule has 31 heavy (non-hydrogen) atoms. The van der Waals surface area contributed by atoms with Crippen molar-refractivity contribution in [2.45, 2.75) is 31.4 Å². The maximum Gasteiger partial charge on any atom is 0.329 e. The van der Waals surface area contributed by atoms with Gasteiger partial charge in [0.15, 0.2) is 0 Å². The number of piperidine rings is 1. The standard InChI is InChI=1S/C22H27N5O4/c1-25-19-13-15(3-2-10-26-11-12-31-16(14-26)8-9-23)4-5-17(19)27(22(25)30)18-6-7-20(28)24-21(18)29/h4-5,13,16,18H,6-12,14,23H2,1H3,(H,24,28,29)/t16-,18?/m0/s1. The summed E-state index contributed by atoms with van der Waals surface area (Å²) in [5.74, 6) is 5.64. The second-order valence-corrected chi connectivity index (χ2v) is 7.99. The van der Waals surface area contributed by atoms with Crippen molar-refractivity contribution < 1.29 is 14.3 Å². The number of imidazole rings is 1. The molecular weight excluding hydrogens is 398 g/mol. The van der Waals surface area contributed by atoms with E-state index in [1.54, 1.807) is 7.05 Å². The van der Waals surface area contributed by atoms with Gasteiger partial charge in [0, 0.05) is 32.1 Å². The fourth-order valence-electron chi connectivity index (χ4n) is 4.21. The van der Waals surface area contributed by atoms with Crippen LogP contribution in [0.5, 0.6) is 0 Å². The average Bonchev–Trinajstić information content (AvgIpc) is 2.99.